The molecule has 0 bridgehead atoms. The summed E-state index contributed by atoms with van der Waals surface area (Å²) >= 11 is 0. The van der Waals surface area contributed by atoms with Crippen LogP contribution < -0.4 is 9.47 Å². The molecule has 5 heteroatoms. The van der Waals surface area contributed by atoms with Crippen molar-refractivity contribution in [2.45, 2.75) is 71.3 Å². The average Bonchev–Trinajstić information content (AvgIpc) is 2.77. The summed E-state index contributed by atoms with van der Waals surface area (Å²) < 4.78 is 45.5. The van der Waals surface area contributed by atoms with Gasteiger partial charge >= 0.3 is 0 Å². The lowest BCUT2D eigenvalue weighted by Crippen LogP contribution is -2.32. The molecule has 1 saturated carbocycles. The topological polar surface area (TPSA) is 27.7 Å². The molecule has 0 radical (unpaired) electrons. The predicted molar refractivity (Wildman–Crippen MR) is 115 cm³/mol. The molecule has 2 fully saturated rings. The third kappa shape index (κ3) is 6.19. The maximum absolute atomic E-state index is 14.3. The summed E-state index contributed by atoms with van der Waals surface area (Å²) in [5.74, 6) is -0.215. The molecule has 3 nitrogen and oxygen atoms in total. The molecule has 1 aliphatic carbocycles. The highest BCUT2D eigenvalue weighted by atomic mass is 19.2. The zero-order chi connectivity index (χ0) is 21.3. The molecule has 1 aromatic rings. The number of halogens is 2. The van der Waals surface area contributed by atoms with Crippen molar-refractivity contribution in [3.05, 3.63) is 35.9 Å². The van der Waals surface area contributed by atoms with Gasteiger partial charge in [-0.3, -0.25) is 0 Å². The number of hydrogen-bond donors (Lipinski definition) is 0. The van der Waals surface area contributed by atoms with E-state index in [1.165, 1.54) is 18.6 Å². The van der Waals surface area contributed by atoms with Crippen LogP contribution in [0.25, 0.3) is 0 Å². The van der Waals surface area contributed by atoms with E-state index in [1.807, 2.05) is 13.8 Å². The van der Waals surface area contributed by atoms with Crippen LogP contribution in [0.1, 0.15) is 65.2 Å². The number of hydrogen-bond acceptors (Lipinski definition) is 3. The van der Waals surface area contributed by atoms with Gasteiger partial charge in [0.2, 0.25) is 11.6 Å². The Kier molecular flexibility index (Phi) is 8.98. The van der Waals surface area contributed by atoms with Gasteiger partial charge < -0.3 is 14.2 Å². The van der Waals surface area contributed by atoms with Gasteiger partial charge in [0.15, 0.2) is 11.5 Å². The van der Waals surface area contributed by atoms with Crippen molar-refractivity contribution < 1.29 is 23.0 Å². The number of allylic oxidation sites excluding steroid dienone is 1. The summed E-state index contributed by atoms with van der Waals surface area (Å²) in [4.78, 5) is 0. The SMILES string of the molecule is C/C=C/C1CCC(C2CCC(COc3ccc(OCCCC)c(F)c3F)CC2)CO1. The lowest BCUT2D eigenvalue weighted by molar-refractivity contribution is -0.0178. The maximum atomic E-state index is 14.3. The maximum Gasteiger partial charge on any atom is 0.204 e. The Bertz CT molecular complexity index is 675. The van der Waals surface area contributed by atoms with E-state index in [0.29, 0.717) is 31.0 Å². The largest absolute Gasteiger partial charge is 0.490 e. The van der Waals surface area contributed by atoms with Crippen molar-refractivity contribution in [3.8, 4) is 11.5 Å². The van der Waals surface area contributed by atoms with Crippen LogP contribution >= 0.6 is 0 Å². The molecular weight excluding hydrogens is 386 g/mol. The molecular formula is C25H36F2O3. The zero-order valence-electron chi connectivity index (χ0n) is 18.4. The van der Waals surface area contributed by atoms with E-state index in [0.717, 1.165) is 51.6 Å². The standard InChI is InChI=1S/C25H36F2O3/c1-3-5-15-28-22-13-14-23(25(27)24(22)26)30-16-18-7-9-19(10-8-18)20-11-12-21(6-4-2)29-17-20/h4,6,13-14,18-21H,3,5,7-12,15-17H2,1-2H3/b6-4+. The van der Waals surface area contributed by atoms with Crippen molar-refractivity contribution in [1.82, 2.24) is 0 Å². The van der Waals surface area contributed by atoms with E-state index < -0.39 is 11.6 Å². The fourth-order valence-electron chi connectivity index (χ4n) is 4.63. The van der Waals surface area contributed by atoms with E-state index in [4.69, 9.17) is 14.2 Å². The minimum atomic E-state index is -0.958. The van der Waals surface area contributed by atoms with Gasteiger partial charge in [0.05, 0.1) is 25.9 Å². The quantitative estimate of drug-likeness (QED) is 0.327. The molecule has 30 heavy (non-hydrogen) atoms. The van der Waals surface area contributed by atoms with Gasteiger partial charge in [-0.2, -0.15) is 8.78 Å². The van der Waals surface area contributed by atoms with Crippen LogP contribution in [-0.4, -0.2) is 25.9 Å². The second-order valence-corrected chi connectivity index (χ2v) is 8.72. The van der Waals surface area contributed by atoms with E-state index >= 15 is 0 Å². The van der Waals surface area contributed by atoms with Crippen LogP contribution in [0.5, 0.6) is 11.5 Å². The van der Waals surface area contributed by atoms with Crippen LogP contribution in [0.3, 0.4) is 0 Å². The van der Waals surface area contributed by atoms with E-state index in [2.05, 4.69) is 12.2 Å². The smallest absolute Gasteiger partial charge is 0.204 e. The predicted octanol–water partition coefficient (Wildman–Crippen LogP) is 6.70. The summed E-state index contributed by atoms with van der Waals surface area (Å²) in [6.07, 6.45) is 13.1. The van der Waals surface area contributed by atoms with Crippen molar-refractivity contribution in [1.29, 1.82) is 0 Å². The fourth-order valence-corrected chi connectivity index (χ4v) is 4.63. The molecule has 2 aliphatic rings. The van der Waals surface area contributed by atoms with Gasteiger partial charge in [0.25, 0.3) is 0 Å². The second kappa shape index (κ2) is 11.7. The highest BCUT2D eigenvalue weighted by molar-refractivity contribution is 5.35. The summed E-state index contributed by atoms with van der Waals surface area (Å²) in [7, 11) is 0. The lowest BCUT2D eigenvalue weighted by Gasteiger charge is -2.37. The van der Waals surface area contributed by atoms with Gasteiger partial charge in [-0.15, -0.1) is 0 Å². The first-order valence-electron chi connectivity index (χ1n) is 11.6. The molecule has 0 amide bonds. The Morgan fingerprint density at radius 2 is 1.63 bits per heavy atom. The Morgan fingerprint density at radius 1 is 0.967 bits per heavy atom. The summed E-state index contributed by atoms with van der Waals surface area (Å²) in [6, 6.07) is 2.94. The molecule has 2 unspecified atom stereocenters. The van der Waals surface area contributed by atoms with Crippen molar-refractivity contribution in [3.63, 3.8) is 0 Å². The monoisotopic (exact) mass is 422 g/mol. The summed E-state index contributed by atoms with van der Waals surface area (Å²) in [5, 5.41) is 0. The Hall–Kier alpha value is -1.62. The Labute approximate surface area is 179 Å². The van der Waals surface area contributed by atoms with Gasteiger partial charge in [-0.05, 0) is 81.8 Å². The number of unbranched alkanes of at least 4 members (excludes halogenated alkanes) is 1. The highest BCUT2D eigenvalue weighted by Crippen LogP contribution is 2.38. The molecule has 2 atom stereocenters. The zero-order valence-corrected chi connectivity index (χ0v) is 18.4. The average molecular weight is 423 g/mol. The summed E-state index contributed by atoms with van der Waals surface area (Å²) in [5.41, 5.74) is 0. The third-order valence-corrected chi connectivity index (χ3v) is 6.55. The lowest BCUT2D eigenvalue weighted by atomic mass is 9.74. The van der Waals surface area contributed by atoms with Crippen LogP contribution in [-0.2, 0) is 4.74 Å². The Balaban J connectivity index is 1.42. The molecule has 1 saturated heterocycles. The molecule has 3 rings (SSSR count). The van der Waals surface area contributed by atoms with Crippen molar-refractivity contribution >= 4 is 0 Å². The minimum absolute atomic E-state index is 0.0202. The van der Waals surface area contributed by atoms with Crippen LogP contribution in [0.2, 0.25) is 0 Å². The van der Waals surface area contributed by atoms with E-state index in [1.54, 1.807) is 0 Å². The number of rotatable bonds is 9. The first-order chi connectivity index (χ1) is 14.6. The first-order valence-corrected chi connectivity index (χ1v) is 11.6. The van der Waals surface area contributed by atoms with Gasteiger partial charge in [-0.1, -0.05) is 25.5 Å². The van der Waals surface area contributed by atoms with Gasteiger partial charge in [0.1, 0.15) is 0 Å². The minimum Gasteiger partial charge on any atom is -0.490 e. The molecule has 168 valence electrons. The van der Waals surface area contributed by atoms with E-state index in [-0.39, 0.29) is 17.6 Å². The number of benzene rings is 1. The van der Waals surface area contributed by atoms with Crippen molar-refractivity contribution in [2.75, 3.05) is 19.8 Å². The molecule has 0 spiro atoms. The van der Waals surface area contributed by atoms with Crippen LogP contribution in [0.4, 0.5) is 8.78 Å². The van der Waals surface area contributed by atoms with Crippen LogP contribution in [0.15, 0.2) is 24.3 Å². The molecule has 0 aromatic heterocycles. The highest BCUT2D eigenvalue weighted by Gasteiger charge is 2.31. The van der Waals surface area contributed by atoms with Crippen LogP contribution in [0, 0.1) is 29.4 Å². The van der Waals surface area contributed by atoms with Crippen molar-refractivity contribution in [2.24, 2.45) is 17.8 Å². The fraction of sp³-hybridized carbons (Fsp3) is 0.680. The molecule has 1 aliphatic heterocycles. The second-order valence-electron chi connectivity index (χ2n) is 8.72. The van der Waals surface area contributed by atoms with Gasteiger partial charge in [-0.25, -0.2) is 0 Å². The first kappa shape index (κ1) is 23.1. The van der Waals surface area contributed by atoms with E-state index in [9.17, 15) is 8.78 Å². The third-order valence-electron chi connectivity index (χ3n) is 6.55. The Morgan fingerprint density at radius 3 is 2.23 bits per heavy atom. The molecule has 1 aromatic carbocycles. The number of ether oxygens (including phenoxy) is 3. The van der Waals surface area contributed by atoms with Gasteiger partial charge in [0, 0.05) is 0 Å². The molecule has 0 N–H and O–H groups in total. The summed E-state index contributed by atoms with van der Waals surface area (Å²) in [6.45, 7) is 5.74. The normalized spacial score (nSPS) is 27.3. The molecule has 1 heterocycles.